The minimum Gasteiger partial charge on any atom is -0.356 e. The molecule has 0 aliphatic heterocycles. The molecule has 0 amide bonds. The molecule has 0 saturated carbocycles. The van der Waals surface area contributed by atoms with E-state index in [9.17, 15) is 0 Å². The zero-order valence-corrected chi connectivity index (χ0v) is 15.4. The Morgan fingerprint density at radius 2 is 2.10 bits per heavy atom. The van der Waals surface area contributed by atoms with Gasteiger partial charge in [0.25, 0.3) is 0 Å². The van der Waals surface area contributed by atoms with E-state index in [4.69, 9.17) is 0 Å². The Labute approximate surface area is 143 Å². The number of pyridine rings is 1. The van der Waals surface area contributed by atoms with Crippen LogP contribution in [0, 0.1) is 0 Å². The second-order valence-electron chi connectivity index (χ2n) is 4.24. The molecule has 0 bridgehead atoms. The fraction of sp³-hybridized carbons (Fsp3) is 0.571. The summed E-state index contributed by atoms with van der Waals surface area (Å²) in [6, 6.07) is 4.06. The van der Waals surface area contributed by atoms with E-state index in [1.54, 1.807) is 13.2 Å². The van der Waals surface area contributed by atoms with E-state index in [-0.39, 0.29) is 24.0 Å². The number of aliphatic imine (C=N–C) groups is 1. The van der Waals surface area contributed by atoms with E-state index in [0.717, 1.165) is 25.5 Å². The highest BCUT2D eigenvalue weighted by Gasteiger charge is 1.97. The van der Waals surface area contributed by atoms with Gasteiger partial charge in [0.1, 0.15) is 0 Å². The summed E-state index contributed by atoms with van der Waals surface area (Å²) in [5, 5.41) is 6.64. The van der Waals surface area contributed by atoms with Gasteiger partial charge in [-0.05, 0) is 42.9 Å². The number of nitrogens with one attached hydrogen (secondary N) is 2. The van der Waals surface area contributed by atoms with Crippen LogP contribution in [0.3, 0.4) is 0 Å². The molecule has 0 fully saturated rings. The summed E-state index contributed by atoms with van der Waals surface area (Å²) in [5.74, 6) is 2.11. The van der Waals surface area contributed by atoms with Gasteiger partial charge >= 0.3 is 0 Å². The average Bonchev–Trinajstić information content (AvgIpc) is 2.46. The van der Waals surface area contributed by atoms with Gasteiger partial charge in [-0.1, -0.05) is 6.07 Å². The Kier molecular flexibility index (Phi) is 13.1. The van der Waals surface area contributed by atoms with Crippen molar-refractivity contribution in [3.8, 4) is 0 Å². The van der Waals surface area contributed by atoms with Gasteiger partial charge in [0.2, 0.25) is 0 Å². The number of hydrogen-bond donors (Lipinski definition) is 2. The van der Waals surface area contributed by atoms with E-state index < -0.39 is 0 Å². The highest BCUT2D eigenvalue weighted by atomic mass is 127. The molecular weight excluding hydrogens is 383 g/mol. The maximum absolute atomic E-state index is 4.21. The van der Waals surface area contributed by atoms with Crippen LogP contribution in [0.25, 0.3) is 0 Å². The third-order valence-electron chi connectivity index (χ3n) is 2.72. The Hall–Kier alpha value is -0.500. The highest BCUT2D eigenvalue weighted by molar-refractivity contribution is 14.0. The largest absolute Gasteiger partial charge is 0.356 e. The molecule has 2 N–H and O–H groups in total. The molecule has 0 saturated heterocycles. The van der Waals surface area contributed by atoms with Crippen molar-refractivity contribution in [3.05, 3.63) is 30.1 Å². The molecule has 1 heterocycles. The van der Waals surface area contributed by atoms with Crippen molar-refractivity contribution in [1.82, 2.24) is 15.6 Å². The predicted molar refractivity (Wildman–Crippen MR) is 100 cm³/mol. The van der Waals surface area contributed by atoms with Crippen molar-refractivity contribution in [3.63, 3.8) is 0 Å². The lowest BCUT2D eigenvalue weighted by Crippen LogP contribution is -2.38. The van der Waals surface area contributed by atoms with Crippen molar-refractivity contribution in [2.75, 3.05) is 32.1 Å². The smallest absolute Gasteiger partial charge is 0.190 e. The molecule has 0 unspecified atom stereocenters. The molecular formula is C14H25IN4S. The summed E-state index contributed by atoms with van der Waals surface area (Å²) in [5.41, 5.74) is 1.24. The predicted octanol–water partition coefficient (Wildman–Crippen LogP) is 2.55. The molecule has 0 spiro atoms. The van der Waals surface area contributed by atoms with Crippen molar-refractivity contribution in [2.24, 2.45) is 4.99 Å². The van der Waals surface area contributed by atoms with Crippen LogP contribution >= 0.6 is 35.7 Å². The van der Waals surface area contributed by atoms with Gasteiger partial charge in [-0.2, -0.15) is 11.8 Å². The number of thioether (sulfide) groups is 1. The molecule has 1 aromatic heterocycles. The number of nitrogens with zero attached hydrogens (tertiary/aromatic N) is 2. The molecule has 4 nitrogen and oxygen atoms in total. The molecule has 1 aromatic rings. The van der Waals surface area contributed by atoms with E-state index in [1.165, 1.54) is 24.2 Å². The summed E-state index contributed by atoms with van der Waals surface area (Å²) >= 11 is 1.90. The minimum atomic E-state index is 0. The fourth-order valence-electron chi connectivity index (χ4n) is 1.67. The van der Waals surface area contributed by atoms with Crippen LogP contribution in [0.5, 0.6) is 0 Å². The first-order valence-electron chi connectivity index (χ1n) is 6.69. The van der Waals surface area contributed by atoms with Gasteiger partial charge < -0.3 is 10.6 Å². The molecule has 20 heavy (non-hydrogen) atoms. The highest BCUT2D eigenvalue weighted by Crippen LogP contribution is 1.98. The molecule has 1 rings (SSSR count). The molecule has 0 radical (unpaired) electrons. The lowest BCUT2D eigenvalue weighted by molar-refractivity contribution is 0.730. The number of hydrogen-bond acceptors (Lipinski definition) is 3. The SMILES string of the molecule is CN=C(NCCCCSC)NCCc1cccnc1.I. The first kappa shape index (κ1) is 19.5. The molecule has 114 valence electrons. The normalized spacial score (nSPS) is 10.8. The van der Waals surface area contributed by atoms with Gasteiger partial charge in [-0.15, -0.1) is 24.0 Å². The van der Waals surface area contributed by atoms with Gasteiger partial charge in [-0.25, -0.2) is 0 Å². The minimum absolute atomic E-state index is 0. The van der Waals surface area contributed by atoms with E-state index >= 15 is 0 Å². The summed E-state index contributed by atoms with van der Waals surface area (Å²) in [4.78, 5) is 8.32. The van der Waals surface area contributed by atoms with Crippen molar-refractivity contribution in [1.29, 1.82) is 0 Å². The van der Waals surface area contributed by atoms with Crippen LogP contribution in [0.1, 0.15) is 18.4 Å². The van der Waals surface area contributed by atoms with Crippen LogP contribution in [0.4, 0.5) is 0 Å². The van der Waals surface area contributed by atoms with Crippen LogP contribution in [0.15, 0.2) is 29.5 Å². The van der Waals surface area contributed by atoms with Crippen molar-refractivity contribution >= 4 is 41.7 Å². The standard InChI is InChI=1S/C14H24N4S.HI/c1-15-14(17-9-3-4-11-19-2)18-10-7-13-6-5-8-16-12-13;/h5-6,8,12H,3-4,7,9-11H2,1-2H3,(H2,15,17,18);1H. The van der Waals surface area contributed by atoms with Crippen LogP contribution in [0.2, 0.25) is 0 Å². The van der Waals surface area contributed by atoms with Gasteiger partial charge in [-0.3, -0.25) is 9.98 Å². The number of halogens is 1. The van der Waals surface area contributed by atoms with Crippen LogP contribution < -0.4 is 10.6 Å². The molecule has 0 atom stereocenters. The van der Waals surface area contributed by atoms with Crippen molar-refractivity contribution in [2.45, 2.75) is 19.3 Å². The fourth-order valence-corrected chi connectivity index (χ4v) is 2.16. The van der Waals surface area contributed by atoms with Gasteiger partial charge in [0.05, 0.1) is 0 Å². The van der Waals surface area contributed by atoms with Crippen molar-refractivity contribution < 1.29 is 0 Å². The summed E-state index contributed by atoms with van der Waals surface area (Å²) in [6.45, 7) is 1.85. The summed E-state index contributed by atoms with van der Waals surface area (Å²) < 4.78 is 0. The van der Waals surface area contributed by atoms with Gasteiger partial charge in [0, 0.05) is 32.5 Å². The topological polar surface area (TPSA) is 49.3 Å². The number of aromatic nitrogens is 1. The summed E-state index contributed by atoms with van der Waals surface area (Å²) in [7, 11) is 1.81. The molecule has 0 aliphatic carbocycles. The number of guanidine groups is 1. The molecule has 0 aromatic carbocycles. The average molecular weight is 408 g/mol. The van der Waals surface area contributed by atoms with Crippen LogP contribution in [-0.4, -0.2) is 43.1 Å². The lowest BCUT2D eigenvalue weighted by Gasteiger charge is -2.11. The second kappa shape index (κ2) is 13.5. The van der Waals surface area contributed by atoms with E-state index in [1.807, 2.05) is 24.0 Å². The Bertz CT molecular complexity index is 359. The van der Waals surface area contributed by atoms with Crippen LogP contribution in [-0.2, 0) is 6.42 Å². The van der Waals surface area contributed by atoms with Gasteiger partial charge in [0.15, 0.2) is 5.96 Å². The Morgan fingerprint density at radius 1 is 1.30 bits per heavy atom. The Balaban J connectivity index is 0.00000361. The monoisotopic (exact) mass is 408 g/mol. The maximum atomic E-state index is 4.21. The Morgan fingerprint density at radius 3 is 2.75 bits per heavy atom. The summed E-state index contributed by atoms with van der Waals surface area (Å²) in [6.07, 6.45) is 9.24. The zero-order valence-electron chi connectivity index (χ0n) is 12.3. The molecule has 0 aliphatic rings. The number of unbranched alkanes of at least 4 members (excludes halogenated alkanes) is 1. The zero-order chi connectivity index (χ0) is 13.8. The van der Waals surface area contributed by atoms with E-state index in [0.29, 0.717) is 0 Å². The van der Waals surface area contributed by atoms with E-state index in [2.05, 4.69) is 32.9 Å². The maximum Gasteiger partial charge on any atom is 0.190 e. The third-order valence-corrected chi connectivity index (χ3v) is 3.42. The quantitative estimate of drug-likeness (QED) is 0.301. The number of rotatable bonds is 8. The first-order chi connectivity index (χ1) is 9.36. The molecule has 6 heteroatoms. The first-order valence-corrected chi connectivity index (χ1v) is 8.08. The lowest BCUT2D eigenvalue weighted by atomic mass is 10.2. The second-order valence-corrected chi connectivity index (χ2v) is 5.22. The third kappa shape index (κ3) is 9.41.